The first-order valence-corrected chi connectivity index (χ1v) is 6.53. The van der Waals surface area contributed by atoms with Gasteiger partial charge in [0.1, 0.15) is 0 Å². The zero-order chi connectivity index (χ0) is 13.2. The molecule has 0 radical (unpaired) electrons. The number of likely N-dealkylation sites (N-methyl/N-ethyl adjacent to an activating group) is 1. The fourth-order valence-electron chi connectivity index (χ4n) is 1.83. The van der Waals surface area contributed by atoms with Crippen molar-refractivity contribution in [3.8, 4) is 0 Å². The van der Waals surface area contributed by atoms with Gasteiger partial charge in [0.2, 0.25) is 5.91 Å². The third-order valence-electron chi connectivity index (χ3n) is 2.85. The second kappa shape index (κ2) is 9.27. The molecular weight excluding hydrogens is 234 g/mol. The summed E-state index contributed by atoms with van der Waals surface area (Å²) < 4.78 is 11.1. The van der Waals surface area contributed by atoms with Crippen molar-refractivity contribution in [1.82, 2.24) is 15.5 Å². The molecule has 0 aromatic carbocycles. The molecular formula is C12H25N3O3. The quantitative estimate of drug-likeness (QED) is 0.551. The lowest BCUT2D eigenvalue weighted by Crippen LogP contribution is -2.48. The predicted octanol–water partition coefficient (Wildman–Crippen LogP) is -0.941. The molecule has 0 aliphatic carbocycles. The number of ether oxygens (including phenoxy) is 2. The maximum absolute atomic E-state index is 10.8. The van der Waals surface area contributed by atoms with Gasteiger partial charge in [-0.15, -0.1) is 0 Å². The number of carbonyl (C=O) groups is 1. The summed E-state index contributed by atoms with van der Waals surface area (Å²) in [6.45, 7) is 7.92. The van der Waals surface area contributed by atoms with E-state index in [1.807, 2.05) is 7.05 Å². The van der Waals surface area contributed by atoms with Crippen LogP contribution in [0, 0.1) is 0 Å². The molecule has 2 N–H and O–H groups in total. The van der Waals surface area contributed by atoms with Gasteiger partial charge in [-0.25, -0.2) is 0 Å². The minimum atomic E-state index is -0.00822. The maximum Gasteiger partial charge on any atom is 0.216 e. The van der Waals surface area contributed by atoms with E-state index in [9.17, 15) is 4.79 Å². The fraction of sp³-hybridized carbons (Fsp3) is 0.917. The molecule has 0 aromatic rings. The summed E-state index contributed by atoms with van der Waals surface area (Å²) in [6, 6.07) is 0. The van der Waals surface area contributed by atoms with E-state index in [0.717, 1.165) is 46.0 Å². The van der Waals surface area contributed by atoms with Gasteiger partial charge in [0, 0.05) is 39.6 Å². The van der Waals surface area contributed by atoms with Gasteiger partial charge in [-0.2, -0.15) is 0 Å². The summed E-state index contributed by atoms with van der Waals surface area (Å²) in [5, 5.41) is 5.83. The van der Waals surface area contributed by atoms with Crippen LogP contribution in [0.4, 0.5) is 0 Å². The van der Waals surface area contributed by atoms with Crippen LogP contribution in [0.5, 0.6) is 0 Å². The molecule has 1 unspecified atom stereocenters. The van der Waals surface area contributed by atoms with Gasteiger partial charge in [-0.1, -0.05) is 0 Å². The standard InChI is InChI=1S/C12H25N3O3/c1-11(16)14-9-12-10-15(5-8-18-12)4-7-17-6-3-13-2/h12-13H,3-10H2,1-2H3,(H,14,16). The van der Waals surface area contributed by atoms with Crippen molar-refractivity contribution in [2.75, 3.05) is 59.6 Å². The normalized spacial score (nSPS) is 20.9. The average molecular weight is 259 g/mol. The molecule has 1 rings (SSSR count). The molecule has 1 aliphatic heterocycles. The lowest BCUT2D eigenvalue weighted by atomic mass is 10.2. The Kier molecular flexibility index (Phi) is 7.91. The van der Waals surface area contributed by atoms with Gasteiger partial charge < -0.3 is 20.1 Å². The number of morpholine rings is 1. The van der Waals surface area contributed by atoms with Crippen molar-refractivity contribution in [3.63, 3.8) is 0 Å². The highest BCUT2D eigenvalue weighted by atomic mass is 16.5. The lowest BCUT2D eigenvalue weighted by molar-refractivity contribution is -0.120. The molecule has 1 fully saturated rings. The summed E-state index contributed by atoms with van der Waals surface area (Å²) in [5.74, 6) is -0.00822. The van der Waals surface area contributed by atoms with E-state index in [1.165, 1.54) is 6.92 Å². The minimum absolute atomic E-state index is 0.00822. The van der Waals surface area contributed by atoms with Crippen LogP contribution in [0.15, 0.2) is 0 Å². The van der Waals surface area contributed by atoms with Crippen molar-refractivity contribution >= 4 is 5.91 Å². The highest BCUT2D eigenvalue weighted by Gasteiger charge is 2.20. The topological polar surface area (TPSA) is 62.8 Å². The molecule has 1 saturated heterocycles. The van der Waals surface area contributed by atoms with E-state index in [4.69, 9.17) is 9.47 Å². The Morgan fingerprint density at radius 1 is 1.50 bits per heavy atom. The van der Waals surface area contributed by atoms with E-state index in [2.05, 4.69) is 15.5 Å². The summed E-state index contributed by atoms with van der Waals surface area (Å²) in [6.07, 6.45) is 0.0972. The number of carbonyl (C=O) groups excluding carboxylic acids is 1. The first kappa shape index (κ1) is 15.4. The SMILES string of the molecule is CNCCOCCN1CCOC(CNC(C)=O)C1. The van der Waals surface area contributed by atoms with E-state index in [0.29, 0.717) is 6.54 Å². The Labute approximate surface area is 109 Å². The second-order valence-electron chi connectivity index (χ2n) is 4.45. The molecule has 1 atom stereocenters. The van der Waals surface area contributed by atoms with Crippen molar-refractivity contribution in [1.29, 1.82) is 0 Å². The number of hydrogen-bond donors (Lipinski definition) is 2. The third kappa shape index (κ3) is 6.90. The van der Waals surface area contributed by atoms with Crippen molar-refractivity contribution < 1.29 is 14.3 Å². The molecule has 0 saturated carbocycles. The van der Waals surface area contributed by atoms with Crippen LogP contribution in [0.2, 0.25) is 0 Å². The molecule has 1 amide bonds. The Balaban J connectivity index is 2.08. The summed E-state index contributed by atoms with van der Waals surface area (Å²) in [7, 11) is 1.91. The lowest BCUT2D eigenvalue weighted by Gasteiger charge is -2.32. The Morgan fingerprint density at radius 2 is 2.33 bits per heavy atom. The van der Waals surface area contributed by atoms with Gasteiger partial charge in [-0.3, -0.25) is 9.69 Å². The smallest absolute Gasteiger partial charge is 0.216 e. The number of nitrogens with zero attached hydrogens (tertiary/aromatic N) is 1. The number of rotatable bonds is 8. The third-order valence-corrected chi connectivity index (χ3v) is 2.85. The first-order valence-electron chi connectivity index (χ1n) is 6.53. The Hall–Kier alpha value is -0.690. The molecule has 6 nitrogen and oxygen atoms in total. The largest absolute Gasteiger partial charge is 0.379 e. The molecule has 18 heavy (non-hydrogen) atoms. The van der Waals surface area contributed by atoms with Gasteiger partial charge in [-0.05, 0) is 7.05 Å². The van der Waals surface area contributed by atoms with Gasteiger partial charge in [0.05, 0.1) is 25.9 Å². The fourth-order valence-corrected chi connectivity index (χ4v) is 1.83. The van der Waals surface area contributed by atoms with E-state index >= 15 is 0 Å². The van der Waals surface area contributed by atoms with Crippen molar-refractivity contribution in [2.45, 2.75) is 13.0 Å². The van der Waals surface area contributed by atoms with Gasteiger partial charge >= 0.3 is 0 Å². The first-order chi connectivity index (χ1) is 8.72. The van der Waals surface area contributed by atoms with Crippen LogP contribution < -0.4 is 10.6 Å². The van der Waals surface area contributed by atoms with Gasteiger partial charge in [0.25, 0.3) is 0 Å². The van der Waals surface area contributed by atoms with Crippen LogP contribution in [-0.4, -0.2) is 76.5 Å². The second-order valence-corrected chi connectivity index (χ2v) is 4.45. The molecule has 0 bridgehead atoms. The van der Waals surface area contributed by atoms with Crippen LogP contribution in [0.1, 0.15) is 6.92 Å². The van der Waals surface area contributed by atoms with E-state index in [1.54, 1.807) is 0 Å². The highest BCUT2D eigenvalue weighted by molar-refractivity contribution is 5.72. The Morgan fingerprint density at radius 3 is 3.06 bits per heavy atom. The maximum atomic E-state index is 10.8. The number of amides is 1. The summed E-state index contributed by atoms with van der Waals surface area (Å²) in [5.41, 5.74) is 0. The molecule has 0 spiro atoms. The van der Waals surface area contributed by atoms with E-state index in [-0.39, 0.29) is 12.0 Å². The zero-order valence-corrected chi connectivity index (χ0v) is 11.4. The molecule has 1 aliphatic rings. The van der Waals surface area contributed by atoms with Crippen molar-refractivity contribution in [3.05, 3.63) is 0 Å². The molecule has 106 valence electrons. The number of nitrogens with one attached hydrogen (secondary N) is 2. The van der Waals surface area contributed by atoms with Crippen LogP contribution >= 0.6 is 0 Å². The van der Waals surface area contributed by atoms with Crippen LogP contribution in [-0.2, 0) is 14.3 Å². The summed E-state index contributed by atoms with van der Waals surface area (Å²) >= 11 is 0. The minimum Gasteiger partial charge on any atom is -0.379 e. The van der Waals surface area contributed by atoms with Crippen LogP contribution in [0.25, 0.3) is 0 Å². The summed E-state index contributed by atoms with van der Waals surface area (Å²) in [4.78, 5) is 13.1. The van der Waals surface area contributed by atoms with Crippen molar-refractivity contribution in [2.24, 2.45) is 0 Å². The monoisotopic (exact) mass is 259 g/mol. The van der Waals surface area contributed by atoms with Gasteiger partial charge in [0.15, 0.2) is 0 Å². The average Bonchev–Trinajstić information content (AvgIpc) is 2.37. The number of hydrogen-bond acceptors (Lipinski definition) is 5. The molecule has 6 heteroatoms. The zero-order valence-electron chi connectivity index (χ0n) is 11.4. The van der Waals surface area contributed by atoms with Crippen LogP contribution in [0.3, 0.4) is 0 Å². The Bertz CT molecular complexity index is 239. The predicted molar refractivity (Wildman–Crippen MR) is 69.6 cm³/mol. The molecule has 1 heterocycles. The van der Waals surface area contributed by atoms with E-state index < -0.39 is 0 Å². The highest BCUT2D eigenvalue weighted by Crippen LogP contribution is 2.04. The molecule has 0 aromatic heterocycles.